The highest BCUT2D eigenvalue weighted by atomic mass is 19.1. The lowest BCUT2D eigenvalue weighted by Crippen LogP contribution is -2.42. The first-order valence-electron chi connectivity index (χ1n) is 8.37. The van der Waals surface area contributed by atoms with E-state index in [9.17, 15) is 9.18 Å². The summed E-state index contributed by atoms with van der Waals surface area (Å²) in [4.78, 5) is 16.4. The van der Waals surface area contributed by atoms with E-state index in [2.05, 4.69) is 11.8 Å². The van der Waals surface area contributed by atoms with E-state index >= 15 is 0 Å². The quantitative estimate of drug-likeness (QED) is 0.807. The molecular formula is C18H27FN2O2. The number of benzene rings is 1. The number of nitrogens with zero attached hydrogens (tertiary/aromatic N) is 2. The van der Waals surface area contributed by atoms with Gasteiger partial charge in [0, 0.05) is 19.1 Å². The van der Waals surface area contributed by atoms with E-state index in [1.807, 2.05) is 18.7 Å². The molecule has 0 radical (unpaired) electrons. The topological polar surface area (TPSA) is 32.8 Å². The lowest BCUT2D eigenvalue weighted by Gasteiger charge is -2.27. The van der Waals surface area contributed by atoms with E-state index in [1.165, 1.54) is 12.1 Å². The average Bonchev–Trinajstić information content (AvgIpc) is 2.66. The van der Waals surface area contributed by atoms with Crippen molar-refractivity contribution < 1.29 is 13.9 Å². The summed E-state index contributed by atoms with van der Waals surface area (Å²) < 4.78 is 19.0. The zero-order chi connectivity index (χ0) is 16.8. The van der Waals surface area contributed by atoms with Gasteiger partial charge in [0.15, 0.2) is 0 Å². The van der Waals surface area contributed by atoms with Gasteiger partial charge in [0.05, 0.1) is 19.3 Å². The Morgan fingerprint density at radius 1 is 1.26 bits per heavy atom. The summed E-state index contributed by atoms with van der Waals surface area (Å²) in [6.07, 6.45) is 0.986. The van der Waals surface area contributed by atoms with E-state index in [4.69, 9.17) is 4.74 Å². The Balaban J connectivity index is 2.01. The third-order valence-corrected chi connectivity index (χ3v) is 4.10. The predicted octanol–water partition coefficient (Wildman–Crippen LogP) is 2.67. The SMILES string of the molecule is CCCN1CC(=O)N(C(C)C)CC(OCc2ccc(F)cc2)C1. The molecule has 5 heteroatoms. The van der Waals surface area contributed by atoms with Crippen LogP contribution in [-0.2, 0) is 16.1 Å². The van der Waals surface area contributed by atoms with Crippen LogP contribution in [0, 0.1) is 5.82 Å². The van der Waals surface area contributed by atoms with Gasteiger partial charge in [-0.15, -0.1) is 0 Å². The summed E-state index contributed by atoms with van der Waals surface area (Å²) in [7, 11) is 0. The third kappa shape index (κ3) is 5.29. The number of ether oxygens (including phenoxy) is 1. The van der Waals surface area contributed by atoms with Gasteiger partial charge in [0.2, 0.25) is 5.91 Å². The van der Waals surface area contributed by atoms with Crippen LogP contribution in [-0.4, -0.2) is 54.0 Å². The molecule has 0 bridgehead atoms. The zero-order valence-corrected chi connectivity index (χ0v) is 14.3. The minimum Gasteiger partial charge on any atom is -0.370 e. The molecule has 1 aliphatic rings. The molecule has 1 saturated heterocycles. The maximum Gasteiger partial charge on any atom is 0.237 e. The molecule has 0 aromatic heterocycles. The molecule has 128 valence electrons. The molecule has 0 N–H and O–H groups in total. The second-order valence-electron chi connectivity index (χ2n) is 6.43. The second-order valence-corrected chi connectivity index (χ2v) is 6.43. The molecule has 1 heterocycles. The van der Waals surface area contributed by atoms with Crippen molar-refractivity contribution in [1.82, 2.24) is 9.80 Å². The highest BCUT2D eigenvalue weighted by Crippen LogP contribution is 2.14. The van der Waals surface area contributed by atoms with E-state index in [0.717, 1.165) is 25.1 Å². The molecule has 1 atom stereocenters. The lowest BCUT2D eigenvalue weighted by molar-refractivity contribution is -0.133. The monoisotopic (exact) mass is 322 g/mol. The lowest BCUT2D eigenvalue weighted by atomic mass is 10.2. The molecular weight excluding hydrogens is 295 g/mol. The van der Waals surface area contributed by atoms with Crippen LogP contribution in [0.15, 0.2) is 24.3 Å². The molecule has 0 aliphatic carbocycles. The Morgan fingerprint density at radius 2 is 1.96 bits per heavy atom. The summed E-state index contributed by atoms with van der Waals surface area (Å²) in [5.74, 6) is -0.0738. The van der Waals surface area contributed by atoms with Crippen LogP contribution in [0.4, 0.5) is 4.39 Å². The molecule has 1 fully saturated rings. The van der Waals surface area contributed by atoms with Crippen molar-refractivity contribution in [2.45, 2.75) is 45.9 Å². The van der Waals surface area contributed by atoms with Gasteiger partial charge >= 0.3 is 0 Å². The summed E-state index contributed by atoms with van der Waals surface area (Å²) >= 11 is 0. The Kier molecular flexibility index (Phi) is 6.54. The van der Waals surface area contributed by atoms with Gasteiger partial charge in [-0.2, -0.15) is 0 Å². The summed E-state index contributed by atoms with van der Waals surface area (Å²) in [6, 6.07) is 6.53. The summed E-state index contributed by atoms with van der Waals surface area (Å²) in [6.45, 7) is 9.34. The fraction of sp³-hybridized carbons (Fsp3) is 0.611. The first kappa shape index (κ1) is 17.9. The smallest absolute Gasteiger partial charge is 0.237 e. The Hall–Kier alpha value is -1.46. The minimum atomic E-state index is -0.242. The highest BCUT2D eigenvalue weighted by molar-refractivity contribution is 5.78. The Morgan fingerprint density at radius 3 is 2.57 bits per heavy atom. The number of hydrogen-bond donors (Lipinski definition) is 0. The molecule has 0 spiro atoms. The number of hydrogen-bond acceptors (Lipinski definition) is 3. The van der Waals surface area contributed by atoms with E-state index in [0.29, 0.717) is 19.7 Å². The molecule has 4 nitrogen and oxygen atoms in total. The van der Waals surface area contributed by atoms with Crippen molar-refractivity contribution in [3.05, 3.63) is 35.6 Å². The van der Waals surface area contributed by atoms with E-state index in [1.54, 1.807) is 12.1 Å². The van der Waals surface area contributed by atoms with Crippen LogP contribution in [0.2, 0.25) is 0 Å². The van der Waals surface area contributed by atoms with Crippen molar-refractivity contribution in [2.75, 3.05) is 26.2 Å². The van der Waals surface area contributed by atoms with Gasteiger partial charge in [0.25, 0.3) is 0 Å². The van der Waals surface area contributed by atoms with Gasteiger partial charge in [-0.05, 0) is 44.5 Å². The van der Waals surface area contributed by atoms with Crippen molar-refractivity contribution in [2.24, 2.45) is 0 Å². The van der Waals surface area contributed by atoms with Crippen LogP contribution >= 0.6 is 0 Å². The fourth-order valence-corrected chi connectivity index (χ4v) is 2.90. The van der Waals surface area contributed by atoms with Crippen molar-refractivity contribution >= 4 is 5.91 Å². The van der Waals surface area contributed by atoms with Crippen molar-refractivity contribution in [3.63, 3.8) is 0 Å². The number of rotatable bonds is 6. The highest BCUT2D eigenvalue weighted by Gasteiger charge is 2.29. The van der Waals surface area contributed by atoms with Gasteiger partial charge in [-0.3, -0.25) is 9.69 Å². The third-order valence-electron chi connectivity index (χ3n) is 4.10. The second kappa shape index (κ2) is 8.41. The summed E-state index contributed by atoms with van der Waals surface area (Å²) in [5, 5.41) is 0. The summed E-state index contributed by atoms with van der Waals surface area (Å²) in [5.41, 5.74) is 0.945. The molecule has 1 aromatic rings. The Bertz CT molecular complexity index is 504. The van der Waals surface area contributed by atoms with Crippen LogP contribution in [0.1, 0.15) is 32.8 Å². The van der Waals surface area contributed by atoms with E-state index < -0.39 is 0 Å². The Labute approximate surface area is 138 Å². The minimum absolute atomic E-state index is 0.0274. The van der Waals surface area contributed by atoms with Crippen LogP contribution in [0.25, 0.3) is 0 Å². The first-order valence-corrected chi connectivity index (χ1v) is 8.37. The predicted molar refractivity (Wildman–Crippen MR) is 88.6 cm³/mol. The standard InChI is InChI=1S/C18H27FN2O2/c1-4-9-20-10-17(11-21(14(2)3)18(22)12-20)23-13-15-5-7-16(19)8-6-15/h5-8,14,17H,4,9-13H2,1-3H3. The van der Waals surface area contributed by atoms with Gasteiger partial charge in [0.1, 0.15) is 5.82 Å². The van der Waals surface area contributed by atoms with Crippen LogP contribution < -0.4 is 0 Å². The van der Waals surface area contributed by atoms with Crippen molar-refractivity contribution in [3.8, 4) is 0 Å². The number of carbonyl (C=O) groups excluding carboxylic acids is 1. The largest absolute Gasteiger partial charge is 0.370 e. The van der Waals surface area contributed by atoms with Gasteiger partial charge < -0.3 is 9.64 Å². The number of carbonyl (C=O) groups is 1. The van der Waals surface area contributed by atoms with Crippen LogP contribution in [0.5, 0.6) is 0 Å². The fourth-order valence-electron chi connectivity index (χ4n) is 2.90. The molecule has 0 saturated carbocycles. The van der Waals surface area contributed by atoms with Crippen molar-refractivity contribution in [1.29, 1.82) is 0 Å². The molecule has 1 aromatic carbocycles. The van der Waals surface area contributed by atoms with Gasteiger partial charge in [-0.25, -0.2) is 4.39 Å². The first-order chi connectivity index (χ1) is 11.0. The molecule has 2 rings (SSSR count). The maximum atomic E-state index is 13.0. The molecule has 1 amide bonds. The average molecular weight is 322 g/mol. The molecule has 23 heavy (non-hydrogen) atoms. The number of halogens is 1. The van der Waals surface area contributed by atoms with Gasteiger partial charge in [-0.1, -0.05) is 19.1 Å². The maximum absolute atomic E-state index is 13.0. The normalized spacial score (nSPS) is 20.1. The van der Waals surface area contributed by atoms with Crippen LogP contribution in [0.3, 0.4) is 0 Å². The molecule has 1 unspecified atom stereocenters. The zero-order valence-electron chi connectivity index (χ0n) is 14.3. The molecule has 1 aliphatic heterocycles. The number of amides is 1. The van der Waals surface area contributed by atoms with E-state index in [-0.39, 0.29) is 23.9 Å².